The minimum atomic E-state index is -0.753. The number of carboxylic acids is 1. The molecule has 2 N–H and O–H groups in total. The molecule has 0 saturated carbocycles. The third kappa shape index (κ3) is 5.59. The van der Waals surface area contributed by atoms with Crippen molar-refractivity contribution >= 4 is 11.9 Å². The largest absolute Gasteiger partial charge is 0.481 e. The molecule has 1 rings (SSSR count). The Hall–Kier alpha value is -1.10. The summed E-state index contributed by atoms with van der Waals surface area (Å²) in [4.78, 5) is 24.4. The summed E-state index contributed by atoms with van der Waals surface area (Å²) in [5.74, 6) is -0.282. The fourth-order valence-electron chi connectivity index (χ4n) is 2.66. The highest BCUT2D eigenvalue weighted by Crippen LogP contribution is 2.22. The Morgan fingerprint density at radius 3 is 2.63 bits per heavy atom. The molecule has 5 nitrogen and oxygen atoms in total. The predicted molar refractivity (Wildman–Crippen MR) is 73.9 cm³/mol. The van der Waals surface area contributed by atoms with E-state index in [0.717, 1.165) is 25.9 Å². The Bertz CT molecular complexity index is 307. The SMILES string of the molecule is CCCNC1CC(CCC(=O)O)CN(C(=O)CC)C1. The lowest BCUT2D eigenvalue weighted by molar-refractivity contribution is -0.137. The molecule has 2 atom stereocenters. The number of carboxylic acid groups (broad SMARTS) is 1. The smallest absolute Gasteiger partial charge is 0.303 e. The molecule has 1 aliphatic heterocycles. The summed E-state index contributed by atoms with van der Waals surface area (Å²) >= 11 is 0. The molecule has 1 saturated heterocycles. The molecule has 110 valence electrons. The summed E-state index contributed by atoms with van der Waals surface area (Å²) < 4.78 is 0. The second-order valence-electron chi connectivity index (χ2n) is 5.34. The highest BCUT2D eigenvalue weighted by atomic mass is 16.4. The fourth-order valence-corrected chi connectivity index (χ4v) is 2.66. The van der Waals surface area contributed by atoms with Gasteiger partial charge in [0.2, 0.25) is 5.91 Å². The third-order valence-electron chi connectivity index (χ3n) is 3.64. The van der Waals surface area contributed by atoms with Crippen LogP contribution >= 0.6 is 0 Å². The van der Waals surface area contributed by atoms with E-state index < -0.39 is 5.97 Å². The lowest BCUT2D eigenvalue weighted by Gasteiger charge is -2.38. The van der Waals surface area contributed by atoms with E-state index in [0.29, 0.717) is 31.3 Å². The standard InChI is InChI=1S/C14H26N2O3/c1-3-7-15-12-8-11(5-6-14(18)19)9-16(10-12)13(17)4-2/h11-12,15H,3-10H2,1-2H3,(H,18,19). The van der Waals surface area contributed by atoms with Gasteiger partial charge in [-0.25, -0.2) is 0 Å². The van der Waals surface area contributed by atoms with Gasteiger partial charge in [0.25, 0.3) is 0 Å². The van der Waals surface area contributed by atoms with Crippen LogP contribution < -0.4 is 5.32 Å². The minimum absolute atomic E-state index is 0.170. The zero-order valence-electron chi connectivity index (χ0n) is 12.0. The molecule has 19 heavy (non-hydrogen) atoms. The number of nitrogens with one attached hydrogen (secondary N) is 1. The Balaban J connectivity index is 2.55. The van der Waals surface area contributed by atoms with Gasteiger partial charge in [-0.2, -0.15) is 0 Å². The van der Waals surface area contributed by atoms with Crippen LogP contribution in [-0.2, 0) is 9.59 Å². The first-order valence-corrected chi connectivity index (χ1v) is 7.29. The third-order valence-corrected chi connectivity index (χ3v) is 3.64. The maximum absolute atomic E-state index is 11.9. The van der Waals surface area contributed by atoms with E-state index in [2.05, 4.69) is 12.2 Å². The molecule has 1 amide bonds. The van der Waals surface area contributed by atoms with Crippen molar-refractivity contribution in [3.8, 4) is 0 Å². The fraction of sp³-hybridized carbons (Fsp3) is 0.857. The highest BCUT2D eigenvalue weighted by molar-refractivity contribution is 5.76. The second kappa shape index (κ2) is 8.15. The molecule has 1 heterocycles. The maximum Gasteiger partial charge on any atom is 0.303 e. The monoisotopic (exact) mass is 270 g/mol. The van der Waals surface area contributed by atoms with Crippen LogP contribution in [-0.4, -0.2) is 47.6 Å². The Morgan fingerprint density at radius 2 is 2.05 bits per heavy atom. The predicted octanol–water partition coefficient (Wildman–Crippen LogP) is 1.48. The number of carbonyl (C=O) groups excluding carboxylic acids is 1. The zero-order valence-corrected chi connectivity index (χ0v) is 12.0. The average Bonchev–Trinajstić information content (AvgIpc) is 2.41. The number of carbonyl (C=O) groups is 2. The molecule has 5 heteroatoms. The van der Waals surface area contributed by atoms with Gasteiger partial charge in [-0.05, 0) is 31.7 Å². The van der Waals surface area contributed by atoms with Crippen LogP contribution in [0.2, 0.25) is 0 Å². The second-order valence-corrected chi connectivity index (χ2v) is 5.34. The number of hydrogen-bond acceptors (Lipinski definition) is 3. The summed E-state index contributed by atoms with van der Waals surface area (Å²) in [5, 5.41) is 12.2. The molecule has 0 aromatic rings. The molecular formula is C14H26N2O3. The Morgan fingerprint density at radius 1 is 1.32 bits per heavy atom. The van der Waals surface area contributed by atoms with Gasteiger partial charge in [-0.1, -0.05) is 13.8 Å². The number of nitrogens with zero attached hydrogens (tertiary/aromatic N) is 1. The van der Waals surface area contributed by atoms with Gasteiger partial charge in [0.15, 0.2) is 0 Å². The van der Waals surface area contributed by atoms with Crippen molar-refractivity contribution in [2.24, 2.45) is 5.92 Å². The topological polar surface area (TPSA) is 69.6 Å². The van der Waals surface area contributed by atoms with Crippen molar-refractivity contribution in [3.63, 3.8) is 0 Å². The molecular weight excluding hydrogens is 244 g/mol. The summed E-state index contributed by atoms with van der Waals surface area (Å²) in [6.07, 6.45) is 3.41. The Labute approximate surface area is 115 Å². The first-order valence-electron chi connectivity index (χ1n) is 7.29. The van der Waals surface area contributed by atoms with E-state index in [-0.39, 0.29) is 12.3 Å². The van der Waals surface area contributed by atoms with Crippen LogP contribution in [0.15, 0.2) is 0 Å². The van der Waals surface area contributed by atoms with Crippen molar-refractivity contribution in [3.05, 3.63) is 0 Å². The molecule has 0 aromatic carbocycles. The molecule has 0 aromatic heterocycles. The number of hydrogen-bond donors (Lipinski definition) is 2. The van der Waals surface area contributed by atoms with Crippen molar-refractivity contribution in [2.45, 2.75) is 52.0 Å². The van der Waals surface area contributed by atoms with Crippen molar-refractivity contribution in [2.75, 3.05) is 19.6 Å². The molecule has 0 aliphatic carbocycles. The lowest BCUT2D eigenvalue weighted by Crippen LogP contribution is -2.51. The molecule has 1 fully saturated rings. The average molecular weight is 270 g/mol. The number of aliphatic carboxylic acids is 1. The van der Waals surface area contributed by atoms with Gasteiger partial charge < -0.3 is 15.3 Å². The normalized spacial score (nSPS) is 23.4. The van der Waals surface area contributed by atoms with Gasteiger partial charge in [-0.3, -0.25) is 9.59 Å². The first kappa shape index (κ1) is 16.0. The number of likely N-dealkylation sites (tertiary alicyclic amines) is 1. The summed E-state index contributed by atoms with van der Waals surface area (Å²) in [6.45, 7) is 6.41. The highest BCUT2D eigenvalue weighted by Gasteiger charge is 2.29. The number of amides is 1. The van der Waals surface area contributed by atoms with Crippen LogP contribution in [0.4, 0.5) is 0 Å². The van der Waals surface area contributed by atoms with E-state index in [1.807, 2.05) is 11.8 Å². The van der Waals surface area contributed by atoms with Crippen LogP contribution in [0.5, 0.6) is 0 Å². The molecule has 0 bridgehead atoms. The van der Waals surface area contributed by atoms with Crippen LogP contribution in [0, 0.1) is 5.92 Å². The summed E-state index contributed by atoms with van der Waals surface area (Å²) in [6, 6.07) is 0.308. The van der Waals surface area contributed by atoms with Gasteiger partial charge in [-0.15, -0.1) is 0 Å². The van der Waals surface area contributed by atoms with E-state index >= 15 is 0 Å². The van der Waals surface area contributed by atoms with E-state index in [1.165, 1.54) is 0 Å². The van der Waals surface area contributed by atoms with Crippen molar-refractivity contribution in [1.29, 1.82) is 0 Å². The van der Waals surface area contributed by atoms with Crippen LogP contribution in [0.1, 0.15) is 46.0 Å². The Kier molecular flexibility index (Phi) is 6.84. The van der Waals surface area contributed by atoms with E-state index in [9.17, 15) is 9.59 Å². The van der Waals surface area contributed by atoms with E-state index in [1.54, 1.807) is 0 Å². The lowest BCUT2D eigenvalue weighted by atomic mass is 9.90. The van der Waals surface area contributed by atoms with Gasteiger partial charge >= 0.3 is 5.97 Å². The first-order chi connectivity index (χ1) is 9.06. The van der Waals surface area contributed by atoms with Gasteiger partial charge in [0, 0.05) is 32.0 Å². The van der Waals surface area contributed by atoms with Crippen molar-refractivity contribution in [1.82, 2.24) is 10.2 Å². The van der Waals surface area contributed by atoms with Crippen LogP contribution in [0.3, 0.4) is 0 Å². The minimum Gasteiger partial charge on any atom is -0.481 e. The number of piperidine rings is 1. The van der Waals surface area contributed by atoms with Gasteiger partial charge in [0.1, 0.15) is 0 Å². The maximum atomic E-state index is 11.9. The zero-order chi connectivity index (χ0) is 14.3. The summed E-state index contributed by atoms with van der Waals surface area (Å²) in [5.41, 5.74) is 0. The van der Waals surface area contributed by atoms with Crippen molar-refractivity contribution < 1.29 is 14.7 Å². The van der Waals surface area contributed by atoms with E-state index in [4.69, 9.17) is 5.11 Å². The molecule has 1 aliphatic rings. The van der Waals surface area contributed by atoms with Crippen LogP contribution in [0.25, 0.3) is 0 Å². The number of rotatable bonds is 7. The van der Waals surface area contributed by atoms with Gasteiger partial charge in [0.05, 0.1) is 0 Å². The molecule has 2 unspecified atom stereocenters. The molecule has 0 radical (unpaired) electrons. The quantitative estimate of drug-likeness (QED) is 0.735. The molecule has 0 spiro atoms. The summed E-state index contributed by atoms with van der Waals surface area (Å²) in [7, 11) is 0.